The molecule has 0 aliphatic carbocycles. The Kier molecular flexibility index (Phi) is 6.39. The Bertz CT molecular complexity index is 956. The second-order valence-corrected chi connectivity index (χ2v) is 6.97. The molecule has 1 heterocycles. The molecule has 0 aliphatic rings. The zero-order valence-electron chi connectivity index (χ0n) is 14.8. The lowest BCUT2D eigenvalue weighted by Crippen LogP contribution is -2.17. The van der Waals surface area contributed by atoms with E-state index in [4.69, 9.17) is 4.74 Å². The fourth-order valence-electron chi connectivity index (χ4n) is 2.84. The predicted octanol–water partition coefficient (Wildman–Crippen LogP) is 4.26. The van der Waals surface area contributed by atoms with Gasteiger partial charge in [-0.2, -0.15) is 20.5 Å². The van der Waals surface area contributed by atoms with E-state index in [0.29, 0.717) is 18.0 Å². The third-order valence-electron chi connectivity index (χ3n) is 4.06. The van der Waals surface area contributed by atoms with Crippen LogP contribution in [0.25, 0.3) is 11.0 Å². The van der Waals surface area contributed by atoms with Crippen LogP contribution in [0, 0.1) is 0 Å². The van der Waals surface area contributed by atoms with Crippen LogP contribution < -0.4 is 15.2 Å². The Hall–Kier alpha value is -2.48. The second kappa shape index (κ2) is 8.94. The summed E-state index contributed by atoms with van der Waals surface area (Å²) >= 11 is 1.71. The summed E-state index contributed by atoms with van der Waals surface area (Å²) in [7, 11) is 1.42. The molecule has 3 aromatic rings. The van der Waals surface area contributed by atoms with Gasteiger partial charge in [-0.1, -0.05) is 18.2 Å². The van der Waals surface area contributed by atoms with Crippen molar-refractivity contribution in [1.29, 1.82) is 0 Å². The third kappa shape index (κ3) is 4.82. The number of alkyl halides is 2. The molecule has 27 heavy (non-hydrogen) atoms. The molecule has 0 atom stereocenters. The van der Waals surface area contributed by atoms with Gasteiger partial charge in [-0.25, -0.2) is 4.79 Å². The van der Waals surface area contributed by atoms with Crippen LogP contribution in [0.4, 0.5) is 8.78 Å². The topological polar surface area (TPSA) is 56.2 Å². The average molecular weight is 394 g/mol. The van der Waals surface area contributed by atoms with Gasteiger partial charge in [0.25, 0.3) is 0 Å². The number of ether oxygens (including phenoxy) is 2. The lowest BCUT2D eigenvalue weighted by atomic mass is 10.2. The van der Waals surface area contributed by atoms with Crippen LogP contribution in [0.1, 0.15) is 12.0 Å². The molecule has 0 aliphatic heterocycles. The molecule has 0 saturated carbocycles. The van der Waals surface area contributed by atoms with Gasteiger partial charge in [0.1, 0.15) is 0 Å². The summed E-state index contributed by atoms with van der Waals surface area (Å²) < 4.78 is 36.0. The Balaban J connectivity index is 1.51. The number of imidazole rings is 1. The molecular weight excluding hydrogens is 374 g/mol. The summed E-state index contributed by atoms with van der Waals surface area (Å²) in [5.74, 6) is 1.90. The predicted molar refractivity (Wildman–Crippen MR) is 103 cm³/mol. The molecule has 8 heteroatoms. The molecule has 0 amide bonds. The van der Waals surface area contributed by atoms with E-state index >= 15 is 0 Å². The first kappa shape index (κ1) is 19.3. The van der Waals surface area contributed by atoms with E-state index in [1.165, 1.54) is 13.2 Å². The molecule has 0 saturated heterocycles. The van der Waals surface area contributed by atoms with E-state index < -0.39 is 6.61 Å². The van der Waals surface area contributed by atoms with Gasteiger partial charge in [-0.3, -0.25) is 4.57 Å². The Morgan fingerprint density at radius 1 is 1.19 bits per heavy atom. The fraction of sp³-hybridized carbons (Fsp3) is 0.316. The number of H-pyrrole nitrogens is 1. The van der Waals surface area contributed by atoms with Crippen molar-refractivity contribution in [2.75, 3.05) is 12.9 Å². The van der Waals surface area contributed by atoms with Crippen molar-refractivity contribution in [1.82, 2.24) is 9.55 Å². The summed E-state index contributed by atoms with van der Waals surface area (Å²) in [6.45, 7) is -2.24. The van der Waals surface area contributed by atoms with Gasteiger partial charge in [0.2, 0.25) is 0 Å². The summed E-state index contributed by atoms with van der Waals surface area (Å²) in [5, 5.41) is 0. The number of hydrogen-bond donors (Lipinski definition) is 1. The molecule has 0 fully saturated rings. The normalized spacial score (nSPS) is 11.3. The highest BCUT2D eigenvalue weighted by molar-refractivity contribution is 7.98. The van der Waals surface area contributed by atoms with Gasteiger partial charge in [-0.15, -0.1) is 0 Å². The van der Waals surface area contributed by atoms with Gasteiger partial charge in [0.05, 0.1) is 18.1 Å². The highest BCUT2D eigenvalue weighted by atomic mass is 32.2. The number of halogens is 2. The lowest BCUT2D eigenvalue weighted by Gasteiger charge is -2.11. The maximum absolute atomic E-state index is 12.4. The SMILES string of the molecule is COc1cc(CSCCCn2c(=O)[nH]c3ccccc32)ccc1OC(F)F. The van der Waals surface area contributed by atoms with Crippen LogP contribution >= 0.6 is 11.8 Å². The number of nitrogens with zero attached hydrogens (tertiary/aromatic N) is 1. The second-order valence-electron chi connectivity index (χ2n) is 5.87. The van der Waals surface area contributed by atoms with Gasteiger partial charge in [-0.05, 0) is 42.0 Å². The maximum Gasteiger partial charge on any atom is 0.387 e. The van der Waals surface area contributed by atoms with Crippen LogP contribution in [0.2, 0.25) is 0 Å². The molecule has 0 radical (unpaired) electrons. The van der Waals surface area contributed by atoms with Crippen molar-refractivity contribution in [3.05, 3.63) is 58.5 Å². The number of fused-ring (bicyclic) bond motifs is 1. The van der Waals surface area contributed by atoms with Crippen molar-refractivity contribution in [3.8, 4) is 11.5 Å². The number of methoxy groups -OCH3 is 1. The monoisotopic (exact) mass is 394 g/mol. The van der Waals surface area contributed by atoms with E-state index in [9.17, 15) is 13.6 Å². The molecule has 1 N–H and O–H groups in total. The summed E-state index contributed by atoms with van der Waals surface area (Å²) in [6.07, 6.45) is 0.843. The van der Waals surface area contributed by atoms with E-state index in [0.717, 1.165) is 28.8 Å². The van der Waals surface area contributed by atoms with Crippen molar-refractivity contribution in [2.24, 2.45) is 0 Å². The zero-order chi connectivity index (χ0) is 19.2. The number of aromatic nitrogens is 2. The third-order valence-corrected chi connectivity index (χ3v) is 5.18. The number of aromatic amines is 1. The maximum atomic E-state index is 12.4. The standard InChI is InChI=1S/C19H20F2N2O3S/c1-25-17-11-13(7-8-16(17)26-18(20)21)12-27-10-4-9-23-15-6-3-2-5-14(15)22-19(23)24/h2-3,5-8,11,18H,4,9-10,12H2,1H3,(H,22,24). The largest absolute Gasteiger partial charge is 0.493 e. The average Bonchev–Trinajstić information content (AvgIpc) is 2.97. The minimum absolute atomic E-state index is 0.0277. The minimum atomic E-state index is -2.88. The van der Waals surface area contributed by atoms with Crippen LogP contribution in [0.15, 0.2) is 47.3 Å². The molecule has 5 nitrogen and oxygen atoms in total. The summed E-state index contributed by atoms with van der Waals surface area (Å²) in [4.78, 5) is 14.9. The van der Waals surface area contributed by atoms with Crippen LogP contribution in [0.5, 0.6) is 11.5 Å². The number of para-hydroxylation sites is 2. The number of aryl methyl sites for hydroxylation is 1. The van der Waals surface area contributed by atoms with E-state index in [-0.39, 0.29) is 11.4 Å². The number of thioether (sulfide) groups is 1. The van der Waals surface area contributed by atoms with Gasteiger partial charge >= 0.3 is 12.3 Å². The number of hydrogen-bond acceptors (Lipinski definition) is 4. The Morgan fingerprint density at radius 2 is 2.00 bits per heavy atom. The van der Waals surface area contributed by atoms with Crippen molar-refractivity contribution >= 4 is 22.8 Å². The molecule has 1 aromatic heterocycles. The first-order valence-electron chi connectivity index (χ1n) is 8.45. The Labute approximate surface area is 159 Å². The molecule has 3 rings (SSSR count). The fourth-order valence-corrected chi connectivity index (χ4v) is 3.73. The van der Waals surface area contributed by atoms with Crippen molar-refractivity contribution < 1.29 is 18.3 Å². The molecular formula is C19H20F2N2O3S. The first-order chi connectivity index (χ1) is 13.1. The highest BCUT2D eigenvalue weighted by Gasteiger charge is 2.11. The number of rotatable bonds is 9. The summed E-state index contributed by atoms with van der Waals surface area (Å²) in [6, 6.07) is 12.6. The minimum Gasteiger partial charge on any atom is -0.493 e. The summed E-state index contributed by atoms with van der Waals surface area (Å²) in [5.41, 5.74) is 2.61. The Morgan fingerprint density at radius 3 is 2.78 bits per heavy atom. The van der Waals surface area contributed by atoms with E-state index in [2.05, 4.69) is 9.72 Å². The van der Waals surface area contributed by atoms with Gasteiger partial charge < -0.3 is 14.5 Å². The van der Waals surface area contributed by atoms with Crippen LogP contribution in [-0.2, 0) is 12.3 Å². The van der Waals surface area contributed by atoms with Crippen molar-refractivity contribution in [3.63, 3.8) is 0 Å². The van der Waals surface area contributed by atoms with Crippen LogP contribution in [-0.4, -0.2) is 29.0 Å². The highest BCUT2D eigenvalue weighted by Crippen LogP contribution is 2.30. The molecule has 144 valence electrons. The molecule has 0 spiro atoms. The van der Waals surface area contributed by atoms with Crippen molar-refractivity contribution in [2.45, 2.75) is 25.3 Å². The molecule has 0 unspecified atom stereocenters. The zero-order valence-corrected chi connectivity index (χ0v) is 15.6. The first-order valence-corrected chi connectivity index (χ1v) is 9.61. The number of benzene rings is 2. The van der Waals surface area contributed by atoms with Gasteiger partial charge in [0.15, 0.2) is 11.5 Å². The van der Waals surface area contributed by atoms with E-state index in [1.807, 2.05) is 24.3 Å². The van der Waals surface area contributed by atoms with Gasteiger partial charge in [0, 0.05) is 12.3 Å². The molecule has 0 bridgehead atoms. The smallest absolute Gasteiger partial charge is 0.387 e. The number of nitrogens with one attached hydrogen (secondary N) is 1. The lowest BCUT2D eigenvalue weighted by molar-refractivity contribution is -0.0512. The quantitative estimate of drug-likeness (QED) is 0.551. The van der Waals surface area contributed by atoms with Crippen LogP contribution in [0.3, 0.4) is 0 Å². The molecule has 2 aromatic carbocycles. The van der Waals surface area contributed by atoms with E-state index in [1.54, 1.807) is 28.5 Å².